The van der Waals surface area contributed by atoms with Crippen LogP contribution in [0.4, 0.5) is 0 Å². The number of nitrogens with one attached hydrogen (secondary N) is 1. The van der Waals surface area contributed by atoms with Gasteiger partial charge in [-0.3, -0.25) is 5.39 Å². The summed E-state index contributed by atoms with van der Waals surface area (Å²) in [5, 5.41) is 2.60. The van der Waals surface area contributed by atoms with Gasteiger partial charge in [-0.1, -0.05) is 0 Å². The maximum absolute atomic E-state index is 4.64. The zero-order valence-corrected chi connectivity index (χ0v) is 3.48. The first-order chi connectivity index (χ1) is 2.50. The molecule has 0 aromatic rings. The second kappa shape index (κ2) is 3.25. The molecule has 0 aromatic heterocycles. The highest BCUT2D eigenvalue weighted by molar-refractivity contribution is 6.32. The lowest BCUT2D eigenvalue weighted by molar-refractivity contribution is 0.128. The summed E-state index contributed by atoms with van der Waals surface area (Å²) < 4.78 is 0. The molecule has 4 radical (unpaired) electrons. The standard InChI is InChI=1S/C2H5BNO.B/c1-2-5-4-3-1;/h4H,1-2H2;. The number of hydrogen-bond donors (Lipinski definition) is 1. The van der Waals surface area contributed by atoms with Crippen LogP contribution in [0.15, 0.2) is 0 Å². The molecular weight excluding hydrogens is 75.7 g/mol. The Morgan fingerprint density at radius 3 is 2.67 bits per heavy atom. The largest absolute Gasteiger partial charge is 0.315 e. The summed E-state index contributed by atoms with van der Waals surface area (Å²) in [5.41, 5.74) is 0. The van der Waals surface area contributed by atoms with Gasteiger partial charge in [0.05, 0.1) is 6.61 Å². The summed E-state index contributed by atoms with van der Waals surface area (Å²) in [7, 11) is 1.89. The van der Waals surface area contributed by atoms with Gasteiger partial charge in [0.25, 0.3) is 0 Å². The molecule has 0 bridgehead atoms. The minimum Gasteiger partial charge on any atom is -0.315 e. The predicted octanol–water partition coefficient (Wildman–Crippen LogP) is -0.822. The smallest absolute Gasteiger partial charge is 0.244 e. The van der Waals surface area contributed by atoms with Crippen molar-refractivity contribution >= 4 is 15.8 Å². The fraction of sp³-hybridized carbons (Fsp3) is 1.00. The van der Waals surface area contributed by atoms with Crippen LogP contribution in [0.2, 0.25) is 6.32 Å². The third-order valence-corrected chi connectivity index (χ3v) is 0.531. The first-order valence-corrected chi connectivity index (χ1v) is 1.69. The molecule has 2 nitrogen and oxygen atoms in total. The first-order valence-electron chi connectivity index (χ1n) is 1.69. The summed E-state index contributed by atoms with van der Waals surface area (Å²) in [6.07, 6.45) is 1.04. The van der Waals surface area contributed by atoms with Gasteiger partial charge in [-0.05, 0) is 6.32 Å². The Morgan fingerprint density at radius 2 is 2.50 bits per heavy atom. The molecule has 4 heteroatoms. The molecule has 1 rings (SSSR count). The fourth-order valence-corrected chi connectivity index (χ4v) is 0.295. The fourth-order valence-electron chi connectivity index (χ4n) is 0.295. The Balaban J connectivity index is 0.000000250. The first kappa shape index (κ1) is 6.05. The van der Waals surface area contributed by atoms with Crippen LogP contribution in [-0.4, -0.2) is 22.4 Å². The second-order valence-corrected chi connectivity index (χ2v) is 0.959. The molecule has 1 N–H and O–H groups in total. The molecule has 1 fully saturated rings. The van der Waals surface area contributed by atoms with Gasteiger partial charge < -0.3 is 4.84 Å². The molecule has 1 aliphatic rings. The van der Waals surface area contributed by atoms with E-state index in [-0.39, 0.29) is 8.41 Å². The molecule has 0 aromatic carbocycles. The number of rotatable bonds is 0. The van der Waals surface area contributed by atoms with Crippen molar-refractivity contribution in [2.75, 3.05) is 6.61 Å². The molecule has 1 aliphatic heterocycles. The van der Waals surface area contributed by atoms with Crippen LogP contribution in [0.3, 0.4) is 0 Å². The van der Waals surface area contributed by atoms with E-state index >= 15 is 0 Å². The third kappa shape index (κ3) is 1.48. The van der Waals surface area contributed by atoms with Gasteiger partial charge in [-0.25, -0.2) is 0 Å². The van der Waals surface area contributed by atoms with Crippen LogP contribution in [-0.2, 0) is 4.84 Å². The van der Waals surface area contributed by atoms with Gasteiger partial charge in [-0.15, -0.1) is 0 Å². The van der Waals surface area contributed by atoms with Crippen molar-refractivity contribution in [3.05, 3.63) is 0 Å². The van der Waals surface area contributed by atoms with E-state index in [1.807, 2.05) is 7.41 Å². The van der Waals surface area contributed by atoms with E-state index in [1.54, 1.807) is 0 Å². The lowest BCUT2D eigenvalue weighted by atomic mass is 9.94. The van der Waals surface area contributed by atoms with Crippen LogP contribution in [0.25, 0.3) is 0 Å². The third-order valence-electron chi connectivity index (χ3n) is 0.531. The van der Waals surface area contributed by atoms with E-state index < -0.39 is 0 Å². The minimum atomic E-state index is 0. The van der Waals surface area contributed by atoms with Crippen LogP contribution in [0.1, 0.15) is 0 Å². The SMILES string of the molecule is [B].[B]1CCON1. The molecule has 0 unspecified atom stereocenters. The van der Waals surface area contributed by atoms with Crippen LogP contribution < -0.4 is 5.39 Å². The maximum atomic E-state index is 4.64. The lowest BCUT2D eigenvalue weighted by Gasteiger charge is -1.80. The molecule has 0 atom stereocenters. The van der Waals surface area contributed by atoms with E-state index in [9.17, 15) is 0 Å². The minimum absolute atomic E-state index is 0. The molecule has 0 spiro atoms. The highest BCUT2D eigenvalue weighted by Gasteiger charge is 1.96. The van der Waals surface area contributed by atoms with Crippen molar-refractivity contribution in [1.82, 2.24) is 5.39 Å². The van der Waals surface area contributed by atoms with Gasteiger partial charge >= 0.3 is 0 Å². The van der Waals surface area contributed by atoms with Gasteiger partial charge in [0.2, 0.25) is 7.41 Å². The normalized spacial score (nSPS) is 18.7. The highest BCUT2D eigenvalue weighted by atomic mass is 16.6. The summed E-state index contributed by atoms with van der Waals surface area (Å²) in [5.74, 6) is 0. The molecule has 1 saturated heterocycles. The monoisotopic (exact) mass is 81.1 g/mol. The maximum Gasteiger partial charge on any atom is 0.244 e. The molecular formula is C2H5B2NO. The zero-order chi connectivity index (χ0) is 3.54. The Kier molecular flexibility index (Phi) is 3.27. The summed E-state index contributed by atoms with van der Waals surface area (Å²) in [6, 6.07) is 0. The molecule has 0 amide bonds. The summed E-state index contributed by atoms with van der Waals surface area (Å²) in [4.78, 5) is 4.64. The molecule has 1 heterocycles. The predicted molar refractivity (Wildman–Crippen MR) is 25.4 cm³/mol. The summed E-state index contributed by atoms with van der Waals surface area (Å²) >= 11 is 0. The van der Waals surface area contributed by atoms with E-state index in [2.05, 4.69) is 10.2 Å². The molecule has 6 heavy (non-hydrogen) atoms. The van der Waals surface area contributed by atoms with Gasteiger partial charge in [0, 0.05) is 8.41 Å². The van der Waals surface area contributed by atoms with Crippen molar-refractivity contribution in [2.24, 2.45) is 0 Å². The van der Waals surface area contributed by atoms with Crippen molar-refractivity contribution in [3.63, 3.8) is 0 Å². The van der Waals surface area contributed by atoms with Crippen molar-refractivity contribution in [3.8, 4) is 0 Å². The Bertz CT molecular complexity index is 23.1. The topological polar surface area (TPSA) is 21.3 Å². The Labute approximate surface area is 40.0 Å². The zero-order valence-electron chi connectivity index (χ0n) is 3.48. The van der Waals surface area contributed by atoms with Crippen molar-refractivity contribution < 1.29 is 4.84 Å². The summed E-state index contributed by atoms with van der Waals surface area (Å²) in [6.45, 7) is 0.833. The van der Waals surface area contributed by atoms with Crippen LogP contribution in [0, 0.1) is 0 Å². The van der Waals surface area contributed by atoms with Gasteiger partial charge in [0.1, 0.15) is 0 Å². The number of hydrogen-bond acceptors (Lipinski definition) is 2. The average Bonchev–Trinajstić information content (AvgIpc) is 1.76. The quantitative estimate of drug-likeness (QED) is 0.384. The van der Waals surface area contributed by atoms with E-state index in [0.29, 0.717) is 0 Å². The van der Waals surface area contributed by atoms with Crippen molar-refractivity contribution in [1.29, 1.82) is 0 Å². The molecule has 0 aliphatic carbocycles. The second-order valence-electron chi connectivity index (χ2n) is 0.959. The average molecular weight is 80.7 g/mol. The van der Waals surface area contributed by atoms with E-state index in [4.69, 9.17) is 0 Å². The van der Waals surface area contributed by atoms with Gasteiger partial charge in [-0.2, -0.15) is 0 Å². The van der Waals surface area contributed by atoms with E-state index in [0.717, 1.165) is 12.9 Å². The Hall–Kier alpha value is 0.0499. The van der Waals surface area contributed by atoms with Crippen LogP contribution >= 0.6 is 0 Å². The lowest BCUT2D eigenvalue weighted by Crippen LogP contribution is -2.05. The highest BCUT2D eigenvalue weighted by Crippen LogP contribution is 1.82. The van der Waals surface area contributed by atoms with E-state index in [1.165, 1.54) is 0 Å². The van der Waals surface area contributed by atoms with Gasteiger partial charge in [0.15, 0.2) is 0 Å². The molecule has 0 saturated carbocycles. The Morgan fingerprint density at radius 1 is 1.67 bits per heavy atom. The van der Waals surface area contributed by atoms with Crippen molar-refractivity contribution in [2.45, 2.75) is 6.32 Å². The van der Waals surface area contributed by atoms with Crippen LogP contribution in [0.5, 0.6) is 0 Å². The molecule has 30 valence electrons.